The van der Waals surface area contributed by atoms with Crippen molar-refractivity contribution in [3.8, 4) is 0 Å². The Morgan fingerprint density at radius 2 is 2.19 bits per heavy atom. The number of amides is 1. The number of fused-ring (bicyclic) bond motifs is 2. The van der Waals surface area contributed by atoms with E-state index in [4.69, 9.17) is 4.98 Å². The van der Waals surface area contributed by atoms with Gasteiger partial charge in [0.25, 0.3) is 5.91 Å². The average Bonchev–Trinajstić information content (AvgIpc) is 3.29. The molecule has 26 heavy (non-hydrogen) atoms. The van der Waals surface area contributed by atoms with Crippen molar-refractivity contribution in [1.82, 2.24) is 9.88 Å². The van der Waals surface area contributed by atoms with Crippen molar-refractivity contribution in [1.29, 1.82) is 0 Å². The Labute approximate surface area is 162 Å². The molecule has 6 heteroatoms. The normalized spacial score (nSPS) is 20.7. The van der Waals surface area contributed by atoms with E-state index < -0.39 is 0 Å². The lowest BCUT2D eigenvalue weighted by atomic mass is 10.0. The minimum absolute atomic E-state index is 0.00361. The molecule has 0 fully saturated rings. The fourth-order valence-corrected chi connectivity index (χ4v) is 5.70. The molecule has 0 aliphatic carbocycles. The molecule has 3 heterocycles. The zero-order valence-electron chi connectivity index (χ0n) is 15.4. The van der Waals surface area contributed by atoms with Gasteiger partial charge in [-0.05, 0) is 37.4 Å². The molecule has 1 unspecified atom stereocenters. The summed E-state index contributed by atoms with van der Waals surface area (Å²) >= 11 is 3.52. The van der Waals surface area contributed by atoms with Crippen LogP contribution in [0.2, 0.25) is 0 Å². The molecule has 0 bridgehead atoms. The lowest BCUT2D eigenvalue weighted by Gasteiger charge is -2.32. The Balaban J connectivity index is 1.46. The maximum Gasteiger partial charge on any atom is 0.278 e. The van der Waals surface area contributed by atoms with Gasteiger partial charge in [0, 0.05) is 23.9 Å². The van der Waals surface area contributed by atoms with Crippen molar-refractivity contribution in [3.05, 3.63) is 51.2 Å². The van der Waals surface area contributed by atoms with Crippen molar-refractivity contribution in [2.75, 3.05) is 20.1 Å². The number of hydrogen-bond acceptors (Lipinski definition) is 4. The van der Waals surface area contributed by atoms with E-state index in [1.807, 2.05) is 41.5 Å². The molecule has 0 spiro atoms. The number of nitrogens with zero attached hydrogens (tertiary/aromatic N) is 2. The number of carbonyl (C=O) groups excluding carboxylic acids is 1. The SMILES string of the molecule is C[C@@H](c1nc2ccccc2s1)N(C)C(=O)C[NH+]1CCc2sccc2[C@@H]1C. The van der Waals surface area contributed by atoms with Crippen LogP contribution in [0.25, 0.3) is 10.2 Å². The van der Waals surface area contributed by atoms with Gasteiger partial charge in [0.15, 0.2) is 6.54 Å². The smallest absolute Gasteiger partial charge is 0.278 e. The molecule has 4 rings (SSSR count). The predicted molar refractivity (Wildman–Crippen MR) is 108 cm³/mol. The van der Waals surface area contributed by atoms with Crippen molar-refractivity contribution >= 4 is 38.8 Å². The molecule has 0 saturated heterocycles. The number of para-hydroxylation sites is 1. The van der Waals surface area contributed by atoms with E-state index in [2.05, 4.69) is 31.4 Å². The van der Waals surface area contributed by atoms with Gasteiger partial charge in [-0.2, -0.15) is 0 Å². The van der Waals surface area contributed by atoms with Crippen LogP contribution in [0, 0.1) is 0 Å². The van der Waals surface area contributed by atoms with Crippen LogP contribution in [0.15, 0.2) is 35.7 Å². The molecule has 1 aliphatic rings. The van der Waals surface area contributed by atoms with Gasteiger partial charge in [0.2, 0.25) is 0 Å². The van der Waals surface area contributed by atoms with Crippen molar-refractivity contribution in [2.24, 2.45) is 0 Å². The standard InChI is InChI=1S/C20H23N3OS2/c1-13-15-9-11-25-17(15)8-10-23(13)12-19(24)22(3)14(2)20-21-16-6-4-5-7-18(16)26-20/h4-7,9,11,13-14H,8,10,12H2,1-3H3/p+1/t13-,14-/m0/s1. The first-order chi connectivity index (χ1) is 12.5. The van der Waals surface area contributed by atoms with Crippen LogP contribution in [-0.4, -0.2) is 35.9 Å². The number of quaternary nitrogens is 1. The topological polar surface area (TPSA) is 37.6 Å². The minimum Gasteiger partial charge on any atom is -0.332 e. The molecular weight excluding hydrogens is 362 g/mol. The second-order valence-electron chi connectivity index (χ2n) is 7.06. The van der Waals surface area contributed by atoms with Gasteiger partial charge in [0.05, 0.1) is 22.8 Å². The molecule has 1 aliphatic heterocycles. The van der Waals surface area contributed by atoms with E-state index >= 15 is 0 Å². The van der Waals surface area contributed by atoms with Gasteiger partial charge in [-0.3, -0.25) is 4.79 Å². The summed E-state index contributed by atoms with van der Waals surface area (Å²) in [5.74, 6) is 0.192. The zero-order valence-corrected chi connectivity index (χ0v) is 17.0. The molecule has 2 aromatic heterocycles. The van der Waals surface area contributed by atoms with E-state index in [0.29, 0.717) is 12.6 Å². The van der Waals surface area contributed by atoms with Crippen LogP contribution in [0.4, 0.5) is 0 Å². The van der Waals surface area contributed by atoms with Crippen molar-refractivity contribution in [3.63, 3.8) is 0 Å². The summed E-state index contributed by atoms with van der Waals surface area (Å²) in [6.45, 7) is 5.89. The average molecular weight is 387 g/mol. The molecular formula is C20H24N3OS2+. The molecule has 0 saturated carbocycles. The largest absolute Gasteiger partial charge is 0.332 e. The summed E-state index contributed by atoms with van der Waals surface area (Å²) in [5.41, 5.74) is 2.44. The van der Waals surface area contributed by atoms with E-state index in [-0.39, 0.29) is 11.9 Å². The van der Waals surface area contributed by atoms with Gasteiger partial charge in [-0.15, -0.1) is 22.7 Å². The third-order valence-electron chi connectivity index (χ3n) is 5.55. The zero-order chi connectivity index (χ0) is 18.3. The Kier molecular flexibility index (Phi) is 4.82. The van der Waals surface area contributed by atoms with E-state index in [9.17, 15) is 4.79 Å². The molecule has 3 atom stereocenters. The second kappa shape index (κ2) is 7.10. The number of thiazole rings is 1. The van der Waals surface area contributed by atoms with Gasteiger partial charge < -0.3 is 9.80 Å². The first kappa shape index (κ1) is 17.6. The second-order valence-corrected chi connectivity index (χ2v) is 9.12. The summed E-state index contributed by atoms with van der Waals surface area (Å²) in [6.07, 6.45) is 1.08. The Morgan fingerprint density at radius 1 is 1.38 bits per heavy atom. The predicted octanol–water partition coefficient (Wildman–Crippen LogP) is 3.08. The molecule has 1 N–H and O–H groups in total. The highest BCUT2D eigenvalue weighted by atomic mass is 32.1. The highest BCUT2D eigenvalue weighted by Crippen LogP contribution is 2.29. The van der Waals surface area contributed by atoms with Crippen LogP contribution in [0.3, 0.4) is 0 Å². The number of thiophene rings is 1. The fourth-order valence-electron chi connectivity index (χ4n) is 3.66. The van der Waals surface area contributed by atoms with Crippen molar-refractivity contribution < 1.29 is 9.69 Å². The van der Waals surface area contributed by atoms with Gasteiger partial charge in [-0.1, -0.05) is 12.1 Å². The summed E-state index contributed by atoms with van der Waals surface area (Å²) in [7, 11) is 1.91. The Hall–Kier alpha value is -1.76. The lowest BCUT2D eigenvalue weighted by molar-refractivity contribution is -0.924. The van der Waals surface area contributed by atoms with E-state index in [0.717, 1.165) is 23.5 Å². The fraction of sp³-hybridized carbons (Fsp3) is 0.400. The third kappa shape index (κ3) is 3.17. The number of rotatable bonds is 4. The quantitative estimate of drug-likeness (QED) is 0.748. The summed E-state index contributed by atoms with van der Waals surface area (Å²) in [4.78, 5) is 22.4. The highest BCUT2D eigenvalue weighted by Gasteiger charge is 2.31. The molecule has 3 aromatic rings. The van der Waals surface area contributed by atoms with Crippen LogP contribution in [0.5, 0.6) is 0 Å². The van der Waals surface area contributed by atoms with Gasteiger partial charge in [-0.25, -0.2) is 4.98 Å². The maximum absolute atomic E-state index is 12.9. The molecule has 1 aromatic carbocycles. The third-order valence-corrected chi connectivity index (χ3v) is 7.76. The highest BCUT2D eigenvalue weighted by molar-refractivity contribution is 7.18. The monoisotopic (exact) mass is 386 g/mol. The number of likely N-dealkylation sites (N-methyl/N-ethyl adjacent to an activating group) is 1. The van der Waals surface area contributed by atoms with Crippen molar-refractivity contribution in [2.45, 2.75) is 32.4 Å². The number of nitrogens with one attached hydrogen (secondary N) is 1. The number of aromatic nitrogens is 1. The van der Waals surface area contributed by atoms with Crippen LogP contribution in [-0.2, 0) is 11.2 Å². The summed E-state index contributed by atoms with van der Waals surface area (Å²) in [6, 6.07) is 10.8. The van der Waals surface area contributed by atoms with Crippen LogP contribution < -0.4 is 4.90 Å². The molecule has 136 valence electrons. The summed E-state index contributed by atoms with van der Waals surface area (Å²) in [5, 5.41) is 3.18. The molecule has 0 radical (unpaired) electrons. The summed E-state index contributed by atoms with van der Waals surface area (Å²) < 4.78 is 1.18. The lowest BCUT2D eigenvalue weighted by Crippen LogP contribution is -3.14. The number of hydrogen-bond donors (Lipinski definition) is 1. The first-order valence-electron chi connectivity index (χ1n) is 9.06. The van der Waals surface area contributed by atoms with E-state index in [1.54, 1.807) is 11.3 Å². The molecule has 4 nitrogen and oxygen atoms in total. The van der Waals surface area contributed by atoms with Gasteiger partial charge >= 0.3 is 0 Å². The Morgan fingerprint density at radius 3 is 3.00 bits per heavy atom. The minimum atomic E-state index is -0.00361. The van der Waals surface area contributed by atoms with Crippen LogP contribution in [0.1, 0.15) is 41.4 Å². The van der Waals surface area contributed by atoms with E-state index in [1.165, 1.54) is 20.0 Å². The maximum atomic E-state index is 12.9. The number of carbonyl (C=O) groups is 1. The van der Waals surface area contributed by atoms with Crippen LogP contribution >= 0.6 is 22.7 Å². The molecule has 1 amide bonds. The number of benzene rings is 1. The van der Waals surface area contributed by atoms with Gasteiger partial charge in [0.1, 0.15) is 11.0 Å². The first-order valence-corrected chi connectivity index (χ1v) is 10.8. The Bertz CT molecular complexity index is 899.